The Morgan fingerprint density at radius 3 is 1.56 bits per heavy atom. The maximum atomic E-state index is 11.7. The highest BCUT2D eigenvalue weighted by Crippen LogP contribution is 2.34. The van der Waals surface area contributed by atoms with Crippen LogP contribution in [-0.4, -0.2) is 58.9 Å². The van der Waals surface area contributed by atoms with Crippen LogP contribution in [0.15, 0.2) is 11.6 Å². The van der Waals surface area contributed by atoms with Gasteiger partial charge in [0.2, 0.25) is 0 Å². The maximum Gasteiger partial charge on any atom is 0.334 e. The van der Waals surface area contributed by atoms with Crippen molar-refractivity contribution in [3.63, 3.8) is 0 Å². The normalized spacial score (nSPS) is 27.8. The zero-order chi connectivity index (χ0) is 29.3. The molecule has 3 heterocycles. The van der Waals surface area contributed by atoms with Gasteiger partial charge in [0.15, 0.2) is 0 Å². The number of unbranched alkanes of at least 4 members (excludes halogenated alkanes) is 14. The average Bonchev–Trinajstić information content (AvgIpc) is 3.71. The maximum absolute atomic E-state index is 11.7. The van der Waals surface area contributed by atoms with Gasteiger partial charge in [-0.25, -0.2) is 4.79 Å². The van der Waals surface area contributed by atoms with Crippen molar-refractivity contribution < 1.29 is 29.2 Å². The van der Waals surface area contributed by atoms with Crippen LogP contribution in [0.2, 0.25) is 0 Å². The van der Waals surface area contributed by atoms with Crippen molar-refractivity contribution in [2.45, 2.75) is 204 Å². The molecule has 0 spiro atoms. The molecular formula is C35H62O6. The summed E-state index contributed by atoms with van der Waals surface area (Å²) in [6, 6.07) is 0. The van der Waals surface area contributed by atoms with Crippen LogP contribution >= 0.6 is 0 Å². The monoisotopic (exact) mass is 578 g/mol. The van der Waals surface area contributed by atoms with Gasteiger partial charge in [-0.05, 0) is 64.4 Å². The van der Waals surface area contributed by atoms with Crippen molar-refractivity contribution in [2.75, 3.05) is 0 Å². The summed E-state index contributed by atoms with van der Waals surface area (Å²) in [6.45, 7) is 4.17. The van der Waals surface area contributed by atoms with E-state index in [2.05, 4.69) is 6.92 Å². The van der Waals surface area contributed by atoms with Crippen molar-refractivity contribution in [1.82, 2.24) is 0 Å². The molecule has 6 heteroatoms. The molecule has 3 rings (SSSR count). The molecule has 0 aromatic carbocycles. The predicted octanol–water partition coefficient (Wildman–Crippen LogP) is 8.11. The fourth-order valence-corrected chi connectivity index (χ4v) is 6.90. The number of carbonyl (C=O) groups is 1. The molecule has 0 bridgehead atoms. The van der Waals surface area contributed by atoms with E-state index in [0.29, 0.717) is 0 Å². The van der Waals surface area contributed by atoms with Crippen molar-refractivity contribution in [3.8, 4) is 0 Å². The highest BCUT2D eigenvalue weighted by Gasteiger charge is 2.40. The van der Waals surface area contributed by atoms with Crippen molar-refractivity contribution in [1.29, 1.82) is 0 Å². The number of aliphatic hydroxyl groups excluding tert-OH is 2. The fraction of sp³-hybridized carbons (Fsp3) is 0.914. The molecule has 2 fully saturated rings. The van der Waals surface area contributed by atoms with E-state index in [4.69, 9.17) is 14.2 Å². The molecule has 0 saturated carbocycles. The highest BCUT2D eigenvalue weighted by atomic mass is 16.6. The average molecular weight is 579 g/mol. The Morgan fingerprint density at radius 2 is 1.12 bits per heavy atom. The lowest BCUT2D eigenvalue weighted by Crippen LogP contribution is -2.33. The summed E-state index contributed by atoms with van der Waals surface area (Å²) in [5, 5.41) is 21.4. The van der Waals surface area contributed by atoms with Crippen LogP contribution in [0.3, 0.4) is 0 Å². The summed E-state index contributed by atoms with van der Waals surface area (Å²) in [6.07, 6.45) is 27.0. The van der Waals surface area contributed by atoms with Crippen molar-refractivity contribution >= 4 is 5.97 Å². The second-order valence-corrected chi connectivity index (χ2v) is 13.1. The summed E-state index contributed by atoms with van der Waals surface area (Å²) >= 11 is 0. The Hall–Kier alpha value is -0.950. The number of hydrogen-bond acceptors (Lipinski definition) is 6. The zero-order valence-electron chi connectivity index (χ0n) is 26.4. The number of rotatable bonds is 23. The van der Waals surface area contributed by atoms with Crippen LogP contribution in [0.5, 0.6) is 0 Å². The lowest BCUT2D eigenvalue weighted by molar-refractivity contribution is -0.139. The van der Waals surface area contributed by atoms with E-state index in [9.17, 15) is 15.0 Å². The van der Waals surface area contributed by atoms with Gasteiger partial charge in [0.1, 0.15) is 6.10 Å². The molecule has 6 nitrogen and oxygen atoms in total. The van der Waals surface area contributed by atoms with Crippen LogP contribution in [0.1, 0.15) is 162 Å². The molecule has 3 aliphatic rings. The Kier molecular flexibility index (Phi) is 16.9. The van der Waals surface area contributed by atoms with E-state index in [1.807, 2.05) is 13.0 Å². The molecule has 0 amide bonds. The smallest absolute Gasteiger partial charge is 0.334 e. The van der Waals surface area contributed by atoms with Crippen LogP contribution in [-0.2, 0) is 19.0 Å². The minimum atomic E-state index is -0.401. The van der Waals surface area contributed by atoms with Gasteiger partial charge in [-0.3, -0.25) is 0 Å². The van der Waals surface area contributed by atoms with Crippen LogP contribution in [0, 0.1) is 0 Å². The van der Waals surface area contributed by atoms with Crippen molar-refractivity contribution in [3.05, 3.63) is 11.6 Å². The molecule has 7 atom stereocenters. The van der Waals surface area contributed by atoms with Crippen LogP contribution in [0.4, 0.5) is 0 Å². The van der Waals surface area contributed by atoms with E-state index in [1.54, 1.807) is 0 Å². The van der Waals surface area contributed by atoms with Crippen LogP contribution in [0.25, 0.3) is 0 Å². The molecule has 238 valence electrons. The van der Waals surface area contributed by atoms with Gasteiger partial charge >= 0.3 is 5.97 Å². The first-order chi connectivity index (χ1) is 20.0. The first kappa shape index (κ1) is 34.5. The first-order valence-electron chi connectivity index (χ1n) is 17.6. The summed E-state index contributed by atoms with van der Waals surface area (Å²) in [4.78, 5) is 11.7. The Morgan fingerprint density at radius 1 is 0.683 bits per heavy atom. The van der Waals surface area contributed by atoms with E-state index < -0.39 is 6.10 Å². The molecule has 2 N–H and O–H groups in total. The summed E-state index contributed by atoms with van der Waals surface area (Å²) < 4.78 is 17.7. The number of cyclic esters (lactones) is 1. The topological polar surface area (TPSA) is 85.2 Å². The van der Waals surface area contributed by atoms with Gasteiger partial charge in [0, 0.05) is 5.57 Å². The minimum absolute atomic E-state index is 0.0550. The third kappa shape index (κ3) is 13.1. The Labute approximate surface area is 251 Å². The van der Waals surface area contributed by atoms with E-state index in [1.165, 1.54) is 70.6 Å². The molecule has 2 saturated heterocycles. The second kappa shape index (κ2) is 20.1. The molecule has 0 radical (unpaired) electrons. The lowest BCUT2D eigenvalue weighted by Gasteiger charge is -2.24. The number of esters is 1. The minimum Gasteiger partial charge on any atom is -0.455 e. The number of hydrogen-bond donors (Lipinski definition) is 2. The molecule has 3 aliphatic heterocycles. The quantitative estimate of drug-likeness (QED) is 0.0941. The SMILES string of the molecule is CCCCCCCCCCCC[C@H](O)[C@H]1CC[C@H]([C@H]2CC[C@H]([C@H](O)CCCCCCCCC3=C[C@H](C)OC3=O)O2)O1. The zero-order valence-corrected chi connectivity index (χ0v) is 26.4. The second-order valence-electron chi connectivity index (χ2n) is 13.1. The first-order valence-corrected chi connectivity index (χ1v) is 17.6. The summed E-state index contributed by atoms with van der Waals surface area (Å²) in [7, 11) is 0. The molecule has 0 unspecified atom stereocenters. The lowest BCUT2D eigenvalue weighted by atomic mass is 10.00. The number of ether oxygens (including phenoxy) is 3. The summed E-state index contributed by atoms with van der Waals surface area (Å²) in [5.41, 5.74) is 0.842. The number of aliphatic hydroxyl groups is 2. The highest BCUT2D eigenvalue weighted by molar-refractivity contribution is 5.90. The van der Waals surface area contributed by atoms with E-state index in [-0.39, 0.29) is 42.6 Å². The van der Waals surface area contributed by atoms with Gasteiger partial charge < -0.3 is 24.4 Å². The molecule has 0 aromatic rings. The van der Waals surface area contributed by atoms with Crippen LogP contribution < -0.4 is 0 Å². The molecule has 0 aromatic heterocycles. The third-order valence-electron chi connectivity index (χ3n) is 9.48. The van der Waals surface area contributed by atoms with E-state index >= 15 is 0 Å². The largest absolute Gasteiger partial charge is 0.455 e. The van der Waals surface area contributed by atoms with Gasteiger partial charge in [0.05, 0.1) is 36.6 Å². The molecule has 41 heavy (non-hydrogen) atoms. The standard InChI is InChI=1S/C35H62O6/c1-3-4-5-6-7-8-9-10-14-17-20-29(36)31-22-24-33(40-31)34-25-23-32(41-34)30(37)21-18-15-12-11-13-16-19-28-26-27(2)39-35(28)38/h26-27,29-34,36-37H,3-25H2,1-2H3/t27-,29-,30+,31+,32+,33+,34+/m0/s1. The Balaban J connectivity index is 1.16. The molecular weight excluding hydrogens is 516 g/mol. The third-order valence-corrected chi connectivity index (χ3v) is 9.48. The van der Waals surface area contributed by atoms with Gasteiger partial charge in [-0.15, -0.1) is 0 Å². The fourth-order valence-electron chi connectivity index (χ4n) is 6.90. The molecule has 0 aliphatic carbocycles. The Bertz CT molecular complexity index is 738. The van der Waals surface area contributed by atoms with E-state index in [0.717, 1.165) is 82.6 Å². The number of carbonyl (C=O) groups excluding carboxylic acids is 1. The summed E-state index contributed by atoms with van der Waals surface area (Å²) in [5.74, 6) is -0.139. The predicted molar refractivity (Wildman–Crippen MR) is 165 cm³/mol. The van der Waals surface area contributed by atoms with Gasteiger partial charge in [0.25, 0.3) is 0 Å². The van der Waals surface area contributed by atoms with Crippen molar-refractivity contribution in [2.24, 2.45) is 0 Å². The van der Waals surface area contributed by atoms with Gasteiger partial charge in [-0.1, -0.05) is 103 Å². The van der Waals surface area contributed by atoms with Gasteiger partial charge in [-0.2, -0.15) is 0 Å².